The molecule has 3 rings (SSSR count). The van der Waals surface area contributed by atoms with Gasteiger partial charge in [0.15, 0.2) is 12.4 Å². The highest BCUT2D eigenvalue weighted by Gasteiger charge is 2.40. The van der Waals surface area contributed by atoms with Crippen molar-refractivity contribution >= 4 is 11.8 Å². The Bertz CT molecular complexity index is 772. The molecule has 2 heterocycles. The molecule has 0 aliphatic heterocycles. The second-order valence-corrected chi connectivity index (χ2v) is 6.27. The molecule has 2 atom stereocenters. The average Bonchev–Trinajstić information content (AvgIpc) is 2.96. The number of esters is 1. The minimum absolute atomic E-state index is 0.0339. The molecule has 0 N–H and O–H groups in total. The minimum atomic E-state index is -0.271. The molecule has 1 fully saturated rings. The van der Waals surface area contributed by atoms with Crippen molar-refractivity contribution in [3.8, 4) is 5.82 Å². The quantitative estimate of drug-likeness (QED) is 0.626. The van der Waals surface area contributed by atoms with E-state index < -0.39 is 0 Å². The van der Waals surface area contributed by atoms with Gasteiger partial charge >= 0.3 is 5.97 Å². The Hall–Kier alpha value is -2.37. The van der Waals surface area contributed by atoms with Crippen LogP contribution in [-0.4, -0.2) is 28.1 Å². The van der Waals surface area contributed by atoms with Crippen molar-refractivity contribution in [3.63, 3.8) is 0 Å². The van der Waals surface area contributed by atoms with Crippen LogP contribution in [0.5, 0.6) is 0 Å². The van der Waals surface area contributed by atoms with E-state index in [9.17, 15) is 9.59 Å². The molecule has 6 nitrogen and oxygen atoms in total. The number of hydrogen-bond acceptors (Lipinski definition) is 5. The third-order valence-electron chi connectivity index (χ3n) is 4.33. The van der Waals surface area contributed by atoms with Gasteiger partial charge in [0, 0.05) is 23.0 Å². The summed E-state index contributed by atoms with van der Waals surface area (Å²) < 4.78 is 12.1. The number of ketones is 1. The van der Waals surface area contributed by atoms with Crippen LogP contribution in [0.3, 0.4) is 0 Å². The second kappa shape index (κ2) is 5.68. The van der Waals surface area contributed by atoms with Crippen molar-refractivity contribution in [2.75, 3.05) is 6.61 Å². The Morgan fingerprint density at radius 2 is 2.04 bits per heavy atom. The lowest BCUT2D eigenvalue weighted by Crippen LogP contribution is -2.16. The van der Waals surface area contributed by atoms with Crippen LogP contribution >= 0.6 is 0 Å². The molecule has 2 aromatic rings. The fourth-order valence-electron chi connectivity index (χ4n) is 2.83. The predicted molar refractivity (Wildman–Crippen MR) is 82.6 cm³/mol. The van der Waals surface area contributed by atoms with Crippen molar-refractivity contribution in [3.05, 3.63) is 34.8 Å². The number of ether oxygens (including phenoxy) is 1. The maximum absolute atomic E-state index is 12.4. The molecular weight excluding hydrogens is 296 g/mol. The smallest absolute Gasteiger partial charge is 0.309 e. The summed E-state index contributed by atoms with van der Waals surface area (Å²) in [5, 5.41) is 3.99. The highest BCUT2D eigenvalue weighted by molar-refractivity contribution is 5.99. The molecule has 23 heavy (non-hydrogen) atoms. The number of aryl methyl sites for hydroxylation is 2. The Balaban J connectivity index is 1.75. The summed E-state index contributed by atoms with van der Waals surface area (Å²) in [6.07, 6.45) is 0.854. The van der Waals surface area contributed by atoms with Crippen molar-refractivity contribution in [2.24, 2.45) is 11.8 Å². The lowest BCUT2D eigenvalue weighted by molar-refractivity contribution is -0.144. The summed E-state index contributed by atoms with van der Waals surface area (Å²) in [6, 6.07) is 3.60. The van der Waals surface area contributed by atoms with Gasteiger partial charge in [0.25, 0.3) is 0 Å². The van der Waals surface area contributed by atoms with E-state index in [2.05, 4.69) is 5.16 Å². The molecule has 0 bridgehead atoms. The average molecular weight is 316 g/mol. The first kappa shape index (κ1) is 15.5. The summed E-state index contributed by atoms with van der Waals surface area (Å²) in [5.41, 5.74) is 2.18. The van der Waals surface area contributed by atoms with Gasteiger partial charge < -0.3 is 9.26 Å². The summed E-state index contributed by atoms with van der Waals surface area (Å²) in [6.45, 7) is 7.33. The highest BCUT2D eigenvalue weighted by Crippen LogP contribution is 2.38. The van der Waals surface area contributed by atoms with Gasteiger partial charge in [-0.3, -0.25) is 14.2 Å². The zero-order chi connectivity index (χ0) is 16.7. The van der Waals surface area contributed by atoms with E-state index in [0.717, 1.165) is 17.8 Å². The van der Waals surface area contributed by atoms with Gasteiger partial charge in [-0.25, -0.2) is 0 Å². The maximum atomic E-state index is 12.4. The van der Waals surface area contributed by atoms with Crippen LogP contribution < -0.4 is 0 Å². The zero-order valence-corrected chi connectivity index (χ0v) is 13.8. The Kier molecular flexibility index (Phi) is 3.83. The van der Waals surface area contributed by atoms with Gasteiger partial charge in [-0.1, -0.05) is 12.1 Å². The fourth-order valence-corrected chi connectivity index (χ4v) is 2.83. The number of nitrogens with zero attached hydrogens (tertiary/aromatic N) is 2. The Labute approximate surface area is 134 Å². The third kappa shape index (κ3) is 2.93. The first-order chi connectivity index (χ1) is 10.9. The van der Waals surface area contributed by atoms with Crippen molar-refractivity contribution < 1.29 is 18.8 Å². The monoisotopic (exact) mass is 316 g/mol. The van der Waals surface area contributed by atoms with Crippen LogP contribution in [0.15, 0.2) is 16.7 Å². The molecule has 122 valence electrons. The first-order valence-corrected chi connectivity index (χ1v) is 7.71. The molecule has 0 radical (unpaired) electrons. The van der Waals surface area contributed by atoms with E-state index in [1.54, 1.807) is 6.07 Å². The topological polar surface area (TPSA) is 74.3 Å². The van der Waals surface area contributed by atoms with Crippen LogP contribution in [0, 0.1) is 32.6 Å². The summed E-state index contributed by atoms with van der Waals surface area (Å²) in [5.74, 6) is 1.21. The van der Waals surface area contributed by atoms with Crippen molar-refractivity contribution in [2.45, 2.75) is 34.1 Å². The van der Waals surface area contributed by atoms with Crippen LogP contribution in [0.2, 0.25) is 0 Å². The number of aromatic nitrogens is 2. The van der Waals surface area contributed by atoms with Gasteiger partial charge in [-0.05, 0) is 39.2 Å². The molecule has 0 spiro atoms. The molecule has 6 heteroatoms. The SMILES string of the molecule is Cc1cc(-n2c(C)cc(C(=O)COC(=O)[C@@H]3C[C@@H]3C)c2C)no1. The van der Waals surface area contributed by atoms with Gasteiger partial charge in [0.2, 0.25) is 5.78 Å². The van der Waals surface area contributed by atoms with E-state index in [-0.39, 0.29) is 24.3 Å². The van der Waals surface area contributed by atoms with E-state index >= 15 is 0 Å². The van der Waals surface area contributed by atoms with E-state index in [4.69, 9.17) is 9.26 Å². The molecule has 1 aliphatic carbocycles. The molecule has 0 unspecified atom stereocenters. The number of Topliss-reactive ketones (excluding diaryl/α,β-unsaturated/α-hetero) is 1. The highest BCUT2D eigenvalue weighted by atomic mass is 16.5. The van der Waals surface area contributed by atoms with Gasteiger partial charge in [-0.15, -0.1) is 0 Å². The molecule has 1 aliphatic rings. The first-order valence-electron chi connectivity index (χ1n) is 7.71. The van der Waals surface area contributed by atoms with Crippen LogP contribution in [0.1, 0.15) is 40.9 Å². The van der Waals surface area contributed by atoms with E-state index in [0.29, 0.717) is 23.1 Å². The Morgan fingerprint density at radius 1 is 1.35 bits per heavy atom. The minimum Gasteiger partial charge on any atom is -0.457 e. The lowest BCUT2D eigenvalue weighted by Gasteiger charge is -2.06. The maximum Gasteiger partial charge on any atom is 0.309 e. The van der Waals surface area contributed by atoms with Gasteiger partial charge in [0.05, 0.1) is 5.92 Å². The number of carbonyl (C=O) groups excluding carboxylic acids is 2. The normalized spacial score (nSPS) is 19.7. The van der Waals surface area contributed by atoms with Gasteiger partial charge in [0.1, 0.15) is 5.76 Å². The van der Waals surface area contributed by atoms with Crippen LogP contribution in [0.4, 0.5) is 0 Å². The molecule has 2 aromatic heterocycles. The largest absolute Gasteiger partial charge is 0.457 e. The van der Waals surface area contributed by atoms with E-state index in [1.165, 1.54) is 0 Å². The second-order valence-electron chi connectivity index (χ2n) is 6.27. The summed E-state index contributed by atoms with van der Waals surface area (Å²) >= 11 is 0. The third-order valence-corrected chi connectivity index (χ3v) is 4.33. The lowest BCUT2D eigenvalue weighted by atomic mass is 10.1. The molecule has 1 saturated carbocycles. The van der Waals surface area contributed by atoms with Gasteiger partial charge in [-0.2, -0.15) is 0 Å². The molecule has 0 aromatic carbocycles. The summed E-state index contributed by atoms with van der Waals surface area (Å²) in [7, 11) is 0. The Morgan fingerprint density at radius 3 is 2.61 bits per heavy atom. The predicted octanol–water partition coefficient (Wildman–Crippen LogP) is 2.77. The standard InChI is InChI=1S/C17H20N2O4/c1-9-5-13(9)17(21)22-8-15(20)14-6-10(2)19(12(14)4)16-7-11(3)23-18-16/h6-7,9,13H,5,8H2,1-4H3/t9-,13+/m0/s1. The number of carbonyl (C=O) groups is 2. The number of hydrogen-bond donors (Lipinski definition) is 0. The fraction of sp³-hybridized carbons (Fsp3) is 0.471. The molecule has 0 saturated heterocycles. The van der Waals surface area contributed by atoms with Crippen LogP contribution in [0.25, 0.3) is 5.82 Å². The number of rotatable bonds is 5. The molecular formula is C17H20N2O4. The van der Waals surface area contributed by atoms with E-state index in [1.807, 2.05) is 38.3 Å². The molecule has 0 amide bonds. The zero-order valence-electron chi connectivity index (χ0n) is 13.8. The van der Waals surface area contributed by atoms with Crippen LogP contribution in [-0.2, 0) is 9.53 Å². The van der Waals surface area contributed by atoms with Crippen molar-refractivity contribution in [1.82, 2.24) is 9.72 Å². The summed E-state index contributed by atoms with van der Waals surface area (Å²) in [4.78, 5) is 24.1. The van der Waals surface area contributed by atoms with Crippen molar-refractivity contribution in [1.29, 1.82) is 0 Å².